The number of hydrogen-bond acceptors (Lipinski definition) is 4. The van der Waals surface area contributed by atoms with Gasteiger partial charge in [-0.15, -0.1) is 46.7 Å². The summed E-state index contributed by atoms with van der Waals surface area (Å²) in [5.74, 6) is 0.957. The van der Waals surface area contributed by atoms with Gasteiger partial charge in [-0.25, -0.2) is 0 Å². The summed E-state index contributed by atoms with van der Waals surface area (Å²) < 4.78 is 2.66. The third-order valence-electron chi connectivity index (χ3n) is 5.23. The summed E-state index contributed by atoms with van der Waals surface area (Å²) in [6, 6.07) is 18.6. The molecule has 1 N–H and O–H groups in total. The minimum absolute atomic E-state index is 0. The second kappa shape index (κ2) is 11.7. The number of nitrogens with zero attached hydrogens (tertiary/aromatic N) is 1. The number of aromatic nitrogens is 1. The average molecular weight is 637 g/mol. The third kappa shape index (κ3) is 6.38. The van der Waals surface area contributed by atoms with Crippen molar-refractivity contribution in [1.29, 1.82) is 0 Å². The Kier molecular flexibility index (Phi) is 9.54. The molecule has 0 atom stereocenters. The van der Waals surface area contributed by atoms with Crippen LogP contribution in [-0.2, 0) is 24.9 Å². The molecule has 0 unspecified atom stereocenters. The van der Waals surface area contributed by atoms with Crippen LogP contribution in [0.4, 0.5) is 0 Å². The number of rotatable bonds is 4. The molecule has 0 saturated heterocycles. The molecule has 0 fully saturated rings. The predicted molar refractivity (Wildman–Crippen MR) is 137 cm³/mol. The molecule has 5 heteroatoms. The average Bonchev–Trinajstić information content (AvgIpc) is 3.12. The fourth-order valence-electron chi connectivity index (χ4n) is 3.67. The molecule has 33 heavy (non-hydrogen) atoms. The van der Waals surface area contributed by atoms with Crippen molar-refractivity contribution in [3.63, 3.8) is 0 Å². The molecule has 175 valence electrons. The van der Waals surface area contributed by atoms with E-state index in [1.54, 1.807) is 0 Å². The van der Waals surface area contributed by atoms with Crippen LogP contribution in [-0.4, -0.2) is 15.9 Å². The van der Waals surface area contributed by atoms with Crippen LogP contribution in [0.1, 0.15) is 64.5 Å². The molecule has 0 saturated carbocycles. The number of aliphatic hydroxyl groups excluding tert-OH is 1. The standard InChI is InChI=1S/C23H22NS.C5H8O2.Ir/c1-14(2)16-7-5-8-17(13-16)21-23-20(11-12-24-21)19-10-6-9-18(15(3)4)22(19)25-23;1-4(6)3-5(2)7;/h5-7,9-15H,1-4H3;3,6H,1-2H3;/q-1;;/b;4-3-;. The van der Waals surface area contributed by atoms with Gasteiger partial charge in [-0.2, -0.15) is 0 Å². The second-order valence-electron chi connectivity index (χ2n) is 8.60. The van der Waals surface area contributed by atoms with Crippen LogP contribution in [0, 0.1) is 6.07 Å². The smallest absolute Gasteiger partial charge is 0.155 e. The molecule has 2 aromatic heterocycles. The maximum atomic E-state index is 10.0. The first-order chi connectivity index (χ1) is 15.2. The molecular weight excluding hydrogens is 607 g/mol. The van der Waals surface area contributed by atoms with Gasteiger partial charge in [0, 0.05) is 47.5 Å². The van der Waals surface area contributed by atoms with E-state index in [9.17, 15) is 4.79 Å². The first-order valence-electron chi connectivity index (χ1n) is 10.9. The molecule has 0 spiro atoms. The summed E-state index contributed by atoms with van der Waals surface area (Å²) in [4.78, 5) is 14.7. The molecule has 0 aliphatic heterocycles. The van der Waals surface area contributed by atoms with Gasteiger partial charge in [-0.05, 0) is 48.1 Å². The largest absolute Gasteiger partial charge is 0.512 e. The van der Waals surface area contributed by atoms with Gasteiger partial charge in [0.15, 0.2) is 5.78 Å². The zero-order valence-corrected chi connectivity index (χ0v) is 23.1. The van der Waals surface area contributed by atoms with E-state index in [-0.39, 0.29) is 31.6 Å². The van der Waals surface area contributed by atoms with Gasteiger partial charge < -0.3 is 10.1 Å². The Morgan fingerprint density at radius 3 is 2.30 bits per heavy atom. The maximum Gasteiger partial charge on any atom is 0.155 e. The molecule has 0 aliphatic rings. The first kappa shape index (κ1) is 26.9. The van der Waals surface area contributed by atoms with E-state index < -0.39 is 0 Å². The number of carbonyl (C=O) groups is 1. The zero-order chi connectivity index (χ0) is 23.4. The van der Waals surface area contributed by atoms with Crippen LogP contribution >= 0.6 is 11.3 Å². The van der Waals surface area contributed by atoms with Crippen LogP contribution < -0.4 is 0 Å². The molecule has 2 heterocycles. The Labute approximate surface area is 213 Å². The SMILES string of the molecule is CC(=O)/C=C(/C)O.CC(C)c1cc[c-]c(-c2nccc3c2sc2c(C(C)C)cccc23)c1.[Ir]. The molecule has 0 amide bonds. The minimum Gasteiger partial charge on any atom is -0.512 e. The summed E-state index contributed by atoms with van der Waals surface area (Å²) in [5.41, 5.74) is 4.89. The summed E-state index contributed by atoms with van der Waals surface area (Å²) in [5, 5.41) is 11.0. The monoisotopic (exact) mass is 637 g/mol. The number of pyridine rings is 1. The first-order valence-corrected chi connectivity index (χ1v) is 11.7. The van der Waals surface area contributed by atoms with E-state index in [1.165, 1.54) is 51.2 Å². The summed E-state index contributed by atoms with van der Waals surface area (Å²) in [6.07, 6.45) is 3.10. The molecule has 0 aliphatic carbocycles. The van der Waals surface area contributed by atoms with Gasteiger partial charge in [-0.3, -0.25) is 4.79 Å². The molecule has 1 radical (unpaired) electrons. The van der Waals surface area contributed by atoms with E-state index in [0.717, 1.165) is 11.3 Å². The van der Waals surface area contributed by atoms with Crippen molar-refractivity contribution in [2.75, 3.05) is 0 Å². The van der Waals surface area contributed by atoms with E-state index in [1.807, 2.05) is 23.6 Å². The predicted octanol–water partition coefficient (Wildman–Crippen LogP) is 8.20. The van der Waals surface area contributed by atoms with Crippen LogP contribution in [0.25, 0.3) is 31.4 Å². The Morgan fingerprint density at radius 2 is 1.73 bits per heavy atom. The van der Waals surface area contributed by atoms with Crippen molar-refractivity contribution < 1.29 is 30.0 Å². The van der Waals surface area contributed by atoms with Gasteiger partial charge >= 0.3 is 0 Å². The van der Waals surface area contributed by atoms with Gasteiger partial charge in [0.2, 0.25) is 0 Å². The van der Waals surface area contributed by atoms with Crippen molar-refractivity contribution in [1.82, 2.24) is 4.98 Å². The Bertz CT molecular complexity index is 1280. The number of hydrogen-bond donors (Lipinski definition) is 1. The normalized spacial score (nSPS) is 11.5. The molecular formula is C28H30IrNO2S-. The molecule has 2 aromatic carbocycles. The van der Waals surface area contributed by atoms with Gasteiger partial charge in [0.25, 0.3) is 0 Å². The number of fused-ring (bicyclic) bond motifs is 3. The number of benzene rings is 2. The quantitative estimate of drug-likeness (QED) is 0.140. The molecule has 4 aromatic rings. The molecule has 3 nitrogen and oxygen atoms in total. The van der Waals surface area contributed by atoms with Crippen molar-refractivity contribution in [2.45, 2.75) is 53.4 Å². The van der Waals surface area contributed by atoms with Gasteiger partial charge in [0.1, 0.15) is 0 Å². The maximum absolute atomic E-state index is 10.0. The van der Waals surface area contributed by atoms with Crippen LogP contribution in [0.3, 0.4) is 0 Å². The number of carbonyl (C=O) groups excluding carboxylic acids is 1. The van der Waals surface area contributed by atoms with Crippen LogP contribution in [0.5, 0.6) is 0 Å². The van der Waals surface area contributed by atoms with Crippen molar-refractivity contribution in [2.24, 2.45) is 0 Å². The Morgan fingerprint density at radius 1 is 1.03 bits per heavy atom. The fraction of sp³-hybridized carbons (Fsp3) is 0.286. The summed E-state index contributed by atoms with van der Waals surface area (Å²) >= 11 is 1.87. The van der Waals surface area contributed by atoms with Gasteiger partial charge in [0.05, 0.1) is 5.76 Å². The minimum atomic E-state index is -0.125. The molecule has 4 rings (SSSR count). The van der Waals surface area contributed by atoms with Crippen LogP contribution in [0.15, 0.2) is 60.5 Å². The van der Waals surface area contributed by atoms with Crippen LogP contribution in [0.2, 0.25) is 0 Å². The number of thiophene rings is 1. The fourth-order valence-corrected chi connectivity index (χ4v) is 5.13. The number of ketones is 1. The number of aliphatic hydroxyl groups is 1. The van der Waals surface area contributed by atoms with E-state index in [0.29, 0.717) is 11.8 Å². The third-order valence-corrected chi connectivity index (χ3v) is 6.50. The summed E-state index contributed by atoms with van der Waals surface area (Å²) in [7, 11) is 0. The second-order valence-corrected chi connectivity index (χ2v) is 9.62. The van der Waals surface area contributed by atoms with E-state index >= 15 is 0 Å². The Hall–Kier alpha value is -2.33. The van der Waals surface area contributed by atoms with Crippen molar-refractivity contribution in [3.8, 4) is 11.3 Å². The van der Waals surface area contributed by atoms with Crippen molar-refractivity contribution in [3.05, 3.63) is 77.7 Å². The summed E-state index contributed by atoms with van der Waals surface area (Å²) in [6.45, 7) is 11.8. The topological polar surface area (TPSA) is 50.2 Å². The Balaban J connectivity index is 0.000000423. The zero-order valence-electron chi connectivity index (χ0n) is 19.9. The number of allylic oxidation sites excluding steroid dienone is 2. The molecule has 0 bridgehead atoms. The van der Waals surface area contributed by atoms with E-state index in [4.69, 9.17) is 10.1 Å². The van der Waals surface area contributed by atoms with E-state index in [2.05, 4.69) is 70.2 Å². The van der Waals surface area contributed by atoms with Gasteiger partial charge in [-0.1, -0.05) is 45.9 Å². The van der Waals surface area contributed by atoms with Crippen molar-refractivity contribution >= 4 is 37.3 Å².